The van der Waals surface area contributed by atoms with Crippen molar-refractivity contribution in [2.45, 2.75) is 26.0 Å². The first-order valence-corrected chi connectivity index (χ1v) is 11.9. The number of fused-ring (bicyclic) bond motifs is 1. The predicted octanol–water partition coefficient (Wildman–Crippen LogP) is 3.38. The molecule has 2 aliphatic rings. The molecule has 1 fully saturated rings. The maximum Gasteiger partial charge on any atom is 0.415 e. The zero-order chi connectivity index (χ0) is 24.9. The van der Waals surface area contributed by atoms with Gasteiger partial charge in [-0.2, -0.15) is 0 Å². The van der Waals surface area contributed by atoms with Crippen molar-refractivity contribution in [1.82, 2.24) is 15.3 Å². The van der Waals surface area contributed by atoms with Gasteiger partial charge in [0.05, 0.1) is 19.3 Å². The first kappa shape index (κ1) is 23.6. The molecule has 3 aromatic rings. The third-order valence-electron chi connectivity index (χ3n) is 5.87. The highest BCUT2D eigenvalue weighted by Gasteiger charge is 2.33. The number of pyridine rings is 2. The van der Waals surface area contributed by atoms with Gasteiger partial charge in [-0.25, -0.2) is 9.78 Å². The number of ether oxygens (including phenoxy) is 3. The molecular formula is C26H27N5O5. The molecule has 2 amide bonds. The number of aromatic nitrogens is 2. The highest BCUT2D eigenvalue weighted by molar-refractivity contribution is 5.95. The molecule has 0 spiro atoms. The number of carbonyl (C=O) groups excluding carboxylic acids is 2. The quantitative estimate of drug-likeness (QED) is 0.440. The highest BCUT2D eigenvalue weighted by atomic mass is 16.6. The van der Waals surface area contributed by atoms with Gasteiger partial charge in [-0.05, 0) is 55.3 Å². The molecule has 0 bridgehead atoms. The molecule has 0 aliphatic carbocycles. The van der Waals surface area contributed by atoms with Crippen LogP contribution in [-0.2, 0) is 16.1 Å². The average molecular weight is 490 g/mol. The van der Waals surface area contributed by atoms with Crippen molar-refractivity contribution < 1.29 is 23.8 Å². The number of anilines is 2. The van der Waals surface area contributed by atoms with Crippen molar-refractivity contribution in [3.05, 3.63) is 60.4 Å². The minimum absolute atomic E-state index is 0.0442. The molecule has 1 atom stereocenters. The summed E-state index contributed by atoms with van der Waals surface area (Å²) in [7, 11) is 0. The van der Waals surface area contributed by atoms with Gasteiger partial charge in [-0.15, -0.1) is 0 Å². The Hall–Kier alpha value is -4.18. The lowest BCUT2D eigenvalue weighted by Crippen LogP contribution is -2.29. The SMILES string of the molecule is CCOc1cncc(-c2cccc(CNCCC3CN(c4ccc5c(n4)NC(=O)CO5)C(=O)O3)c2)c1. The summed E-state index contributed by atoms with van der Waals surface area (Å²) >= 11 is 0. The third-order valence-corrected chi connectivity index (χ3v) is 5.87. The average Bonchev–Trinajstić information content (AvgIpc) is 3.27. The highest BCUT2D eigenvalue weighted by Crippen LogP contribution is 2.30. The van der Waals surface area contributed by atoms with E-state index in [1.165, 1.54) is 4.90 Å². The molecule has 5 rings (SSSR count). The van der Waals surface area contributed by atoms with E-state index in [-0.39, 0.29) is 18.6 Å². The van der Waals surface area contributed by atoms with Crippen LogP contribution in [-0.4, -0.2) is 54.4 Å². The summed E-state index contributed by atoms with van der Waals surface area (Å²) in [6.45, 7) is 4.25. The van der Waals surface area contributed by atoms with Gasteiger partial charge in [0.25, 0.3) is 5.91 Å². The molecule has 2 aromatic heterocycles. The van der Waals surface area contributed by atoms with Gasteiger partial charge in [0.1, 0.15) is 17.7 Å². The second-order valence-electron chi connectivity index (χ2n) is 8.48. The number of hydrogen-bond donors (Lipinski definition) is 2. The summed E-state index contributed by atoms with van der Waals surface area (Å²) in [5.41, 5.74) is 3.22. The number of nitrogens with zero attached hydrogens (tertiary/aromatic N) is 3. The van der Waals surface area contributed by atoms with Gasteiger partial charge in [0.15, 0.2) is 18.2 Å². The fourth-order valence-electron chi connectivity index (χ4n) is 4.14. The van der Waals surface area contributed by atoms with Crippen LogP contribution in [0.2, 0.25) is 0 Å². The lowest BCUT2D eigenvalue weighted by molar-refractivity contribution is -0.118. The van der Waals surface area contributed by atoms with Crippen LogP contribution in [0, 0.1) is 0 Å². The third kappa shape index (κ3) is 5.38. The number of rotatable bonds is 9. The molecule has 36 heavy (non-hydrogen) atoms. The summed E-state index contributed by atoms with van der Waals surface area (Å²) in [4.78, 5) is 34.1. The summed E-state index contributed by atoms with van der Waals surface area (Å²) in [6, 6.07) is 13.6. The lowest BCUT2D eigenvalue weighted by atomic mass is 10.0. The van der Waals surface area contributed by atoms with Crippen molar-refractivity contribution >= 4 is 23.6 Å². The van der Waals surface area contributed by atoms with Crippen molar-refractivity contribution in [3.8, 4) is 22.6 Å². The van der Waals surface area contributed by atoms with Gasteiger partial charge in [-0.3, -0.25) is 14.7 Å². The molecule has 0 saturated carbocycles. The van der Waals surface area contributed by atoms with Crippen LogP contribution in [0.4, 0.5) is 16.4 Å². The Kier molecular flexibility index (Phi) is 6.94. The zero-order valence-corrected chi connectivity index (χ0v) is 19.9. The molecule has 10 heteroatoms. The Labute approximate surface area is 208 Å². The van der Waals surface area contributed by atoms with E-state index in [1.54, 1.807) is 18.3 Å². The minimum atomic E-state index is -0.453. The summed E-state index contributed by atoms with van der Waals surface area (Å²) < 4.78 is 16.4. The van der Waals surface area contributed by atoms with E-state index in [2.05, 4.69) is 38.8 Å². The molecule has 1 saturated heterocycles. The van der Waals surface area contributed by atoms with Crippen LogP contribution in [0.5, 0.6) is 11.5 Å². The standard InChI is InChI=1S/C26H27N5O5/c1-2-34-21-11-19(13-28-14-21)18-5-3-4-17(10-18)12-27-9-8-20-15-31(26(33)36-20)23-7-6-22-25(29-23)30-24(32)16-35-22/h3-7,10-11,13-14,20,27H,2,8-9,12,15-16H2,1H3,(H,29,30,32). The van der Waals surface area contributed by atoms with Crippen LogP contribution < -0.4 is 25.0 Å². The van der Waals surface area contributed by atoms with Crippen LogP contribution >= 0.6 is 0 Å². The van der Waals surface area contributed by atoms with Gasteiger partial charge in [0, 0.05) is 18.3 Å². The summed E-state index contributed by atoms with van der Waals surface area (Å²) in [6.07, 6.45) is 3.49. The molecule has 2 N–H and O–H groups in total. The number of hydrogen-bond acceptors (Lipinski definition) is 8. The molecule has 4 heterocycles. The van der Waals surface area contributed by atoms with Gasteiger partial charge in [0.2, 0.25) is 0 Å². The Morgan fingerprint density at radius 2 is 2.08 bits per heavy atom. The van der Waals surface area contributed by atoms with E-state index < -0.39 is 6.09 Å². The van der Waals surface area contributed by atoms with Gasteiger partial charge >= 0.3 is 6.09 Å². The molecule has 186 valence electrons. The smallest absolute Gasteiger partial charge is 0.415 e. The van der Waals surface area contributed by atoms with E-state index in [0.717, 1.165) is 22.4 Å². The second-order valence-corrected chi connectivity index (χ2v) is 8.48. The number of cyclic esters (lactones) is 1. The number of amides is 2. The van der Waals surface area contributed by atoms with E-state index in [0.29, 0.717) is 50.0 Å². The van der Waals surface area contributed by atoms with Crippen molar-refractivity contribution in [2.24, 2.45) is 0 Å². The topological polar surface area (TPSA) is 115 Å². The number of nitrogens with one attached hydrogen (secondary N) is 2. The normalized spacial score (nSPS) is 16.7. The van der Waals surface area contributed by atoms with Crippen molar-refractivity contribution in [1.29, 1.82) is 0 Å². The molecule has 2 aliphatic heterocycles. The van der Waals surface area contributed by atoms with Crippen LogP contribution in [0.15, 0.2) is 54.9 Å². The maximum atomic E-state index is 12.4. The summed E-state index contributed by atoms with van der Waals surface area (Å²) in [5, 5.41) is 6.08. The number of benzene rings is 1. The van der Waals surface area contributed by atoms with Crippen LogP contribution in [0.1, 0.15) is 18.9 Å². The Morgan fingerprint density at radius 1 is 1.17 bits per heavy atom. The predicted molar refractivity (Wildman–Crippen MR) is 133 cm³/mol. The summed E-state index contributed by atoms with van der Waals surface area (Å²) in [5.74, 6) is 1.68. The molecular weight excluding hydrogens is 462 g/mol. The maximum absolute atomic E-state index is 12.4. The minimum Gasteiger partial charge on any atom is -0.492 e. The Morgan fingerprint density at radius 3 is 2.97 bits per heavy atom. The van der Waals surface area contributed by atoms with Crippen LogP contribution in [0.3, 0.4) is 0 Å². The van der Waals surface area contributed by atoms with Gasteiger partial charge in [-0.1, -0.05) is 18.2 Å². The van der Waals surface area contributed by atoms with E-state index in [9.17, 15) is 9.59 Å². The fourth-order valence-corrected chi connectivity index (χ4v) is 4.14. The van der Waals surface area contributed by atoms with Crippen molar-refractivity contribution in [3.63, 3.8) is 0 Å². The largest absolute Gasteiger partial charge is 0.492 e. The molecule has 1 aromatic carbocycles. The molecule has 1 unspecified atom stereocenters. The lowest BCUT2D eigenvalue weighted by Gasteiger charge is -2.19. The van der Waals surface area contributed by atoms with E-state index >= 15 is 0 Å². The van der Waals surface area contributed by atoms with Crippen LogP contribution in [0.25, 0.3) is 11.1 Å². The fraction of sp³-hybridized carbons (Fsp3) is 0.308. The van der Waals surface area contributed by atoms with E-state index in [4.69, 9.17) is 14.2 Å². The first-order valence-electron chi connectivity index (χ1n) is 11.9. The molecule has 10 nitrogen and oxygen atoms in total. The van der Waals surface area contributed by atoms with E-state index in [1.807, 2.05) is 25.3 Å². The monoisotopic (exact) mass is 489 g/mol. The Bertz CT molecular complexity index is 1270. The Balaban J connectivity index is 1.13. The first-order chi connectivity index (χ1) is 17.6. The van der Waals surface area contributed by atoms with Crippen molar-refractivity contribution in [2.75, 3.05) is 36.5 Å². The molecule has 0 radical (unpaired) electrons. The number of carbonyl (C=O) groups is 2. The van der Waals surface area contributed by atoms with Gasteiger partial charge < -0.3 is 24.8 Å². The zero-order valence-electron chi connectivity index (χ0n) is 19.9. The second kappa shape index (κ2) is 10.6.